The zero-order valence-corrected chi connectivity index (χ0v) is 10.2. The number of aliphatic hydroxyl groups is 1. The van der Waals surface area contributed by atoms with Gasteiger partial charge in [0.25, 0.3) is 5.91 Å². The Morgan fingerprint density at radius 2 is 2.47 bits per heavy atom. The largest absolute Gasteiger partial charge is 0.394 e. The molecule has 1 aliphatic carbocycles. The van der Waals surface area contributed by atoms with Crippen LogP contribution in [0.25, 0.3) is 0 Å². The van der Waals surface area contributed by atoms with Crippen molar-refractivity contribution in [2.45, 2.75) is 18.9 Å². The summed E-state index contributed by atoms with van der Waals surface area (Å²) in [6.07, 6.45) is 7.13. The summed E-state index contributed by atoms with van der Waals surface area (Å²) in [6, 6.07) is 1.79. The second-order valence-electron chi connectivity index (χ2n) is 3.99. The molecule has 1 aliphatic rings. The van der Waals surface area contributed by atoms with E-state index >= 15 is 0 Å². The van der Waals surface area contributed by atoms with E-state index in [9.17, 15) is 9.90 Å². The minimum absolute atomic E-state index is 0.0431. The summed E-state index contributed by atoms with van der Waals surface area (Å²) >= 11 is 1.62. The number of carbonyl (C=O) groups excluding carboxylic acids is 1. The van der Waals surface area contributed by atoms with Crippen molar-refractivity contribution in [1.82, 2.24) is 5.32 Å². The van der Waals surface area contributed by atoms with Crippen molar-refractivity contribution in [1.29, 1.82) is 0 Å². The number of rotatable bonds is 5. The van der Waals surface area contributed by atoms with Gasteiger partial charge in [0.1, 0.15) is 0 Å². The van der Waals surface area contributed by atoms with E-state index in [4.69, 9.17) is 0 Å². The van der Waals surface area contributed by atoms with E-state index in [1.165, 1.54) is 0 Å². The van der Waals surface area contributed by atoms with Gasteiger partial charge in [0, 0.05) is 5.57 Å². The molecular formula is C13H15NO2S. The molecule has 0 unspecified atom stereocenters. The Morgan fingerprint density at radius 1 is 1.59 bits per heavy atom. The summed E-state index contributed by atoms with van der Waals surface area (Å²) in [5.74, 6) is -0.104. The fourth-order valence-corrected chi connectivity index (χ4v) is 2.43. The van der Waals surface area contributed by atoms with Crippen molar-refractivity contribution in [3.63, 3.8) is 0 Å². The van der Waals surface area contributed by atoms with Crippen LogP contribution in [0.5, 0.6) is 0 Å². The van der Waals surface area contributed by atoms with E-state index in [0.29, 0.717) is 12.0 Å². The van der Waals surface area contributed by atoms with Crippen LogP contribution < -0.4 is 5.32 Å². The molecule has 0 bridgehead atoms. The highest BCUT2D eigenvalue weighted by Gasteiger charge is 2.15. The molecule has 1 aromatic rings. The molecule has 1 atom stereocenters. The topological polar surface area (TPSA) is 49.3 Å². The number of thiophene rings is 1. The first-order valence-electron chi connectivity index (χ1n) is 5.59. The smallest absolute Gasteiger partial charge is 0.251 e. The average Bonchev–Trinajstić information content (AvgIpc) is 3.00. The lowest BCUT2D eigenvalue weighted by molar-refractivity contribution is -0.118. The van der Waals surface area contributed by atoms with Crippen LogP contribution in [0.4, 0.5) is 0 Å². The molecule has 0 fully saturated rings. The normalized spacial score (nSPS) is 15.7. The summed E-state index contributed by atoms with van der Waals surface area (Å²) in [5.41, 5.74) is 1.83. The Hall–Kier alpha value is -1.39. The van der Waals surface area contributed by atoms with Crippen LogP contribution in [-0.4, -0.2) is 23.7 Å². The molecule has 0 aromatic carbocycles. The van der Waals surface area contributed by atoms with Gasteiger partial charge in [-0.3, -0.25) is 4.79 Å². The summed E-state index contributed by atoms with van der Waals surface area (Å²) in [7, 11) is 0. The van der Waals surface area contributed by atoms with Gasteiger partial charge >= 0.3 is 0 Å². The number of amides is 1. The van der Waals surface area contributed by atoms with Crippen LogP contribution in [0.3, 0.4) is 0 Å². The van der Waals surface area contributed by atoms with Crippen molar-refractivity contribution in [2.24, 2.45) is 0 Å². The monoisotopic (exact) mass is 249 g/mol. The Bertz CT molecular complexity index is 434. The molecule has 0 saturated carbocycles. The summed E-state index contributed by atoms with van der Waals surface area (Å²) in [6.45, 7) is -0.0431. The molecule has 0 aliphatic heterocycles. The molecule has 3 nitrogen and oxygen atoms in total. The zero-order chi connectivity index (χ0) is 12.1. The molecule has 1 amide bonds. The van der Waals surface area contributed by atoms with Crippen LogP contribution in [0.15, 0.2) is 40.6 Å². The summed E-state index contributed by atoms with van der Waals surface area (Å²) in [5, 5.41) is 16.1. The SMILES string of the molecule is O=C(N[C@H](CO)Cc1ccsc1)C1=CCC=C1. The average molecular weight is 249 g/mol. The minimum Gasteiger partial charge on any atom is -0.394 e. The molecule has 0 radical (unpaired) electrons. The van der Waals surface area contributed by atoms with Crippen molar-refractivity contribution >= 4 is 17.2 Å². The Kier molecular flexibility index (Phi) is 4.12. The van der Waals surface area contributed by atoms with Gasteiger partial charge in [-0.05, 0) is 35.2 Å². The first-order valence-corrected chi connectivity index (χ1v) is 6.53. The maximum Gasteiger partial charge on any atom is 0.251 e. The predicted molar refractivity (Wildman–Crippen MR) is 68.9 cm³/mol. The van der Waals surface area contributed by atoms with Gasteiger partial charge in [0.15, 0.2) is 0 Å². The standard InChI is InChI=1S/C13H15NO2S/c15-8-12(7-10-5-6-17-9-10)14-13(16)11-3-1-2-4-11/h1,3-6,9,12,15H,2,7-8H2,(H,14,16)/t12-/m0/s1. The highest BCUT2D eigenvalue weighted by atomic mass is 32.1. The molecule has 4 heteroatoms. The number of nitrogens with one attached hydrogen (secondary N) is 1. The summed E-state index contributed by atoms with van der Waals surface area (Å²) in [4.78, 5) is 11.8. The van der Waals surface area contributed by atoms with Crippen LogP contribution >= 0.6 is 11.3 Å². The van der Waals surface area contributed by atoms with Crippen LogP contribution in [0.2, 0.25) is 0 Å². The quantitative estimate of drug-likeness (QED) is 0.833. The highest BCUT2D eigenvalue weighted by molar-refractivity contribution is 7.07. The minimum atomic E-state index is -0.216. The first-order chi connectivity index (χ1) is 8.29. The van der Waals surface area contributed by atoms with E-state index in [0.717, 1.165) is 12.0 Å². The van der Waals surface area contributed by atoms with Gasteiger partial charge in [0.2, 0.25) is 0 Å². The number of hydrogen-bond acceptors (Lipinski definition) is 3. The van der Waals surface area contributed by atoms with E-state index in [2.05, 4.69) is 5.32 Å². The molecule has 1 aromatic heterocycles. The third-order valence-corrected chi connectivity index (χ3v) is 3.38. The van der Waals surface area contributed by atoms with Gasteiger partial charge in [-0.2, -0.15) is 11.3 Å². The Morgan fingerprint density at radius 3 is 3.06 bits per heavy atom. The molecule has 1 heterocycles. The van der Waals surface area contributed by atoms with Crippen molar-refractivity contribution in [3.8, 4) is 0 Å². The second-order valence-corrected chi connectivity index (χ2v) is 4.77. The molecule has 2 rings (SSSR count). The van der Waals surface area contributed by atoms with E-state index < -0.39 is 0 Å². The van der Waals surface area contributed by atoms with Crippen LogP contribution in [0, 0.1) is 0 Å². The number of allylic oxidation sites excluding steroid dienone is 2. The maximum atomic E-state index is 11.8. The van der Waals surface area contributed by atoms with Gasteiger partial charge < -0.3 is 10.4 Å². The Labute approximate surface area is 104 Å². The fourth-order valence-electron chi connectivity index (χ4n) is 1.75. The highest BCUT2D eigenvalue weighted by Crippen LogP contribution is 2.11. The lowest BCUT2D eigenvalue weighted by atomic mass is 10.1. The third kappa shape index (κ3) is 3.28. The van der Waals surface area contributed by atoms with Gasteiger partial charge in [0.05, 0.1) is 12.6 Å². The second kappa shape index (κ2) is 5.80. The van der Waals surface area contributed by atoms with Crippen molar-refractivity contribution in [3.05, 3.63) is 46.2 Å². The molecule has 90 valence electrons. The number of aliphatic hydroxyl groups excluding tert-OH is 1. The van der Waals surface area contributed by atoms with Crippen LogP contribution in [-0.2, 0) is 11.2 Å². The fraction of sp³-hybridized carbons (Fsp3) is 0.308. The molecule has 2 N–H and O–H groups in total. The molecule has 0 spiro atoms. The molecule has 0 saturated heterocycles. The van der Waals surface area contributed by atoms with E-state index in [-0.39, 0.29) is 18.6 Å². The lowest BCUT2D eigenvalue weighted by Gasteiger charge is -2.15. The van der Waals surface area contributed by atoms with Gasteiger partial charge in [-0.15, -0.1) is 0 Å². The zero-order valence-electron chi connectivity index (χ0n) is 9.43. The molecule has 17 heavy (non-hydrogen) atoms. The number of hydrogen-bond donors (Lipinski definition) is 2. The molecular weight excluding hydrogens is 234 g/mol. The maximum absolute atomic E-state index is 11.8. The van der Waals surface area contributed by atoms with Crippen molar-refractivity contribution in [2.75, 3.05) is 6.61 Å². The van der Waals surface area contributed by atoms with E-state index in [1.54, 1.807) is 11.3 Å². The van der Waals surface area contributed by atoms with Gasteiger partial charge in [-0.25, -0.2) is 0 Å². The lowest BCUT2D eigenvalue weighted by Crippen LogP contribution is -2.39. The number of carbonyl (C=O) groups is 1. The Balaban J connectivity index is 1.91. The summed E-state index contributed by atoms with van der Waals surface area (Å²) < 4.78 is 0. The van der Waals surface area contributed by atoms with E-state index in [1.807, 2.05) is 35.1 Å². The van der Waals surface area contributed by atoms with Crippen LogP contribution in [0.1, 0.15) is 12.0 Å². The van der Waals surface area contributed by atoms with Crippen molar-refractivity contribution < 1.29 is 9.90 Å². The third-order valence-electron chi connectivity index (χ3n) is 2.65. The van der Waals surface area contributed by atoms with Gasteiger partial charge in [-0.1, -0.05) is 18.2 Å². The predicted octanol–water partition coefficient (Wildman–Crippen LogP) is 1.65. The first kappa shape index (κ1) is 12.1.